The quantitative estimate of drug-likeness (QED) is 0.345. The van der Waals surface area contributed by atoms with Crippen LogP contribution in [0, 0.1) is 0 Å². The summed E-state index contributed by atoms with van der Waals surface area (Å²) in [6, 6.07) is 13.9. The van der Waals surface area contributed by atoms with Gasteiger partial charge in [-0.3, -0.25) is 0 Å². The fourth-order valence-corrected chi connectivity index (χ4v) is 4.67. The zero-order valence-corrected chi connectivity index (χ0v) is 19.1. The van der Waals surface area contributed by atoms with Gasteiger partial charge >= 0.3 is 0 Å². The molecule has 144 valence electrons. The van der Waals surface area contributed by atoms with Crippen LogP contribution in [0.5, 0.6) is 5.75 Å². The number of rotatable bonds is 8. The molecule has 6 nitrogen and oxygen atoms in total. The molecule has 0 aliphatic heterocycles. The molecule has 27 heavy (non-hydrogen) atoms. The maximum absolute atomic E-state index is 5.47. The van der Waals surface area contributed by atoms with Crippen LogP contribution in [0.4, 0.5) is 0 Å². The van der Waals surface area contributed by atoms with E-state index in [0.717, 1.165) is 43.4 Å². The molecular formula is C17H17Br2ClN5OS-. The van der Waals surface area contributed by atoms with E-state index in [0.29, 0.717) is 6.54 Å². The fraction of sp³-hybridized carbons (Fsp3) is 0.235. The molecule has 0 aliphatic carbocycles. The molecule has 10 heteroatoms. The molecule has 0 unspecified atom stereocenters. The molecule has 0 saturated heterocycles. The number of thioether (sulfide) groups is 1. The molecule has 0 radical (unpaired) electrons. The lowest BCUT2D eigenvalue weighted by Crippen LogP contribution is -3.00. The molecule has 3 aromatic rings. The summed E-state index contributed by atoms with van der Waals surface area (Å²) < 4.78 is 9.16. The highest BCUT2D eigenvalue weighted by Crippen LogP contribution is 2.32. The van der Waals surface area contributed by atoms with Crippen molar-refractivity contribution < 1.29 is 17.1 Å². The van der Waals surface area contributed by atoms with Gasteiger partial charge in [0.2, 0.25) is 5.16 Å². The highest BCUT2D eigenvalue weighted by Gasteiger charge is 2.10. The van der Waals surface area contributed by atoms with E-state index in [2.05, 4.69) is 58.8 Å². The van der Waals surface area contributed by atoms with Crippen molar-refractivity contribution in [3.05, 3.63) is 57.0 Å². The number of nitrogens with one attached hydrogen (secondary N) is 1. The summed E-state index contributed by atoms with van der Waals surface area (Å²) in [7, 11) is 1.68. The first-order valence-electron chi connectivity index (χ1n) is 7.88. The number of benzene rings is 2. The van der Waals surface area contributed by atoms with Crippen molar-refractivity contribution >= 4 is 43.6 Å². The van der Waals surface area contributed by atoms with E-state index in [-0.39, 0.29) is 12.4 Å². The fourth-order valence-electron chi connectivity index (χ4n) is 2.41. The Kier molecular flexibility index (Phi) is 9.04. The molecule has 2 aromatic carbocycles. The number of ether oxygens (including phenoxy) is 1. The number of para-hydroxylation sites is 1. The number of hydrogen-bond donors (Lipinski definition) is 1. The van der Waals surface area contributed by atoms with Gasteiger partial charge in [-0.25, -0.2) is 0 Å². The standard InChI is InChI=1S/C17H17Br2N5OS.ClH/c1-25-16-12(9-13(18)10-15(16)19)11-20-7-8-26-17-21-22-23-24(17)14-5-3-2-4-6-14;/h2-6,9-10,20H,7-8,11H2,1H3;1H/p-1. The molecule has 0 fully saturated rings. The van der Waals surface area contributed by atoms with Crippen LogP contribution in [-0.2, 0) is 6.54 Å². The summed E-state index contributed by atoms with van der Waals surface area (Å²) >= 11 is 8.65. The number of aromatic nitrogens is 4. The Morgan fingerprint density at radius 3 is 2.70 bits per heavy atom. The highest BCUT2D eigenvalue weighted by atomic mass is 79.9. The first kappa shape index (κ1) is 22.2. The molecular weight excluding hydrogens is 518 g/mol. The molecule has 1 heterocycles. The Morgan fingerprint density at radius 1 is 1.19 bits per heavy atom. The van der Waals surface area contributed by atoms with Crippen LogP contribution in [0.15, 0.2) is 56.6 Å². The molecule has 1 aromatic heterocycles. The molecule has 0 aliphatic rings. The van der Waals surface area contributed by atoms with E-state index in [4.69, 9.17) is 4.74 Å². The van der Waals surface area contributed by atoms with Crippen LogP contribution < -0.4 is 22.5 Å². The predicted molar refractivity (Wildman–Crippen MR) is 110 cm³/mol. The van der Waals surface area contributed by atoms with E-state index < -0.39 is 0 Å². The minimum Gasteiger partial charge on any atom is -1.00 e. The first-order chi connectivity index (χ1) is 12.7. The van der Waals surface area contributed by atoms with Crippen molar-refractivity contribution in [2.45, 2.75) is 11.7 Å². The summed E-state index contributed by atoms with van der Waals surface area (Å²) in [4.78, 5) is 0. The Morgan fingerprint density at radius 2 is 1.96 bits per heavy atom. The zero-order chi connectivity index (χ0) is 18.4. The molecule has 1 N–H and O–H groups in total. The lowest BCUT2D eigenvalue weighted by atomic mass is 10.2. The van der Waals surface area contributed by atoms with Crippen LogP contribution in [0.2, 0.25) is 0 Å². The predicted octanol–water partition coefficient (Wildman–Crippen LogP) is 1.08. The monoisotopic (exact) mass is 532 g/mol. The second kappa shape index (κ2) is 11.0. The van der Waals surface area contributed by atoms with Gasteiger partial charge in [-0.15, -0.1) is 5.10 Å². The number of nitrogens with zero attached hydrogens (tertiary/aromatic N) is 4. The number of hydrogen-bond acceptors (Lipinski definition) is 6. The average Bonchev–Trinajstić information content (AvgIpc) is 3.10. The highest BCUT2D eigenvalue weighted by molar-refractivity contribution is 9.11. The number of methoxy groups -OCH3 is 1. The van der Waals surface area contributed by atoms with E-state index in [1.165, 1.54) is 0 Å². The summed E-state index contributed by atoms with van der Waals surface area (Å²) in [5.41, 5.74) is 2.05. The van der Waals surface area contributed by atoms with Gasteiger partial charge in [0.05, 0.1) is 17.3 Å². The Labute approximate surface area is 185 Å². The van der Waals surface area contributed by atoms with Crippen LogP contribution in [0.25, 0.3) is 5.69 Å². The summed E-state index contributed by atoms with van der Waals surface area (Å²) in [5.74, 6) is 1.70. The minimum atomic E-state index is 0. The van der Waals surface area contributed by atoms with E-state index >= 15 is 0 Å². The first-order valence-corrected chi connectivity index (χ1v) is 10.5. The van der Waals surface area contributed by atoms with Gasteiger partial charge < -0.3 is 22.5 Å². The largest absolute Gasteiger partial charge is 1.00 e. The number of tetrazole rings is 1. The van der Waals surface area contributed by atoms with Crippen molar-refractivity contribution in [2.24, 2.45) is 0 Å². The Bertz CT molecular complexity index is 866. The summed E-state index contributed by atoms with van der Waals surface area (Å²) in [6.45, 7) is 1.53. The van der Waals surface area contributed by atoms with Crippen LogP contribution in [0.1, 0.15) is 5.56 Å². The van der Waals surface area contributed by atoms with Crippen LogP contribution >= 0.6 is 43.6 Å². The SMILES string of the molecule is COc1c(Br)cc(Br)cc1CNCCSc1nnnn1-c1ccccc1.[Cl-]. The van der Waals surface area contributed by atoms with Gasteiger partial charge in [-0.05, 0) is 50.6 Å². The summed E-state index contributed by atoms with van der Waals surface area (Å²) in [5, 5.41) is 16.2. The molecule has 0 atom stereocenters. The second-order valence-electron chi connectivity index (χ2n) is 5.31. The number of halogens is 3. The molecule has 0 saturated carbocycles. The van der Waals surface area contributed by atoms with Gasteiger partial charge in [-0.2, -0.15) is 4.68 Å². The van der Waals surface area contributed by atoms with Gasteiger partial charge in [0.15, 0.2) is 0 Å². The second-order valence-corrected chi connectivity index (χ2v) is 8.15. The van der Waals surface area contributed by atoms with Crippen molar-refractivity contribution in [2.75, 3.05) is 19.4 Å². The summed E-state index contributed by atoms with van der Waals surface area (Å²) in [6.07, 6.45) is 0. The third-order valence-electron chi connectivity index (χ3n) is 3.56. The smallest absolute Gasteiger partial charge is 0.214 e. The van der Waals surface area contributed by atoms with Crippen molar-refractivity contribution in [3.8, 4) is 11.4 Å². The maximum atomic E-state index is 5.47. The van der Waals surface area contributed by atoms with Gasteiger partial charge in [0.1, 0.15) is 5.75 Å². The third-order valence-corrected chi connectivity index (χ3v) is 5.52. The topological polar surface area (TPSA) is 64.9 Å². The van der Waals surface area contributed by atoms with E-state index in [1.807, 2.05) is 36.4 Å². The molecule has 0 amide bonds. The van der Waals surface area contributed by atoms with Crippen molar-refractivity contribution in [3.63, 3.8) is 0 Å². The zero-order valence-electron chi connectivity index (χ0n) is 14.4. The van der Waals surface area contributed by atoms with Gasteiger partial charge in [0.25, 0.3) is 0 Å². The maximum Gasteiger partial charge on any atom is 0.214 e. The Balaban J connectivity index is 0.00000261. The molecule has 3 rings (SSSR count). The molecule has 0 spiro atoms. The average molecular weight is 535 g/mol. The lowest BCUT2D eigenvalue weighted by molar-refractivity contribution is -0.00000541. The third kappa shape index (κ3) is 5.92. The lowest BCUT2D eigenvalue weighted by Gasteiger charge is -2.12. The Hall–Kier alpha value is -1.13. The van der Waals surface area contributed by atoms with Crippen molar-refractivity contribution in [1.29, 1.82) is 0 Å². The van der Waals surface area contributed by atoms with Crippen LogP contribution in [0.3, 0.4) is 0 Å². The van der Waals surface area contributed by atoms with E-state index in [1.54, 1.807) is 23.6 Å². The van der Waals surface area contributed by atoms with Gasteiger partial charge in [0, 0.05) is 28.9 Å². The van der Waals surface area contributed by atoms with Gasteiger partial charge in [-0.1, -0.05) is 45.9 Å². The van der Waals surface area contributed by atoms with Crippen LogP contribution in [-0.4, -0.2) is 39.6 Å². The van der Waals surface area contributed by atoms with Crippen molar-refractivity contribution in [1.82, 2.24) is 25.5 Å². The normalized spacial score (nSPS) is 10.5. The van der Waals surface area contributed by atoms with E-state index in [9.17, 15) is 0 Å². The molecule has 0 bridgehead atoms. The minimum absolute atomic E-state index is 0.